The zero-order valence-electron chi connectivity index (χ0n) is 6.69. The Bertz CT molecular complexity index is 141. The van der Waals surface area contributed by atoms with E-state index < -0.39 is 0 Å². The third-order valence-electron chi connectivity index (χ3n) is 1.10. The first kappa shape index (κ1) is 9.01. The lowest BCUT2D eigenvalue weighted by Crippen LogP contribution is -2.31. The smallest absolute Gasteiger partial charge is 0.227 e. The molecular formula is C7H14N2O. The first-order valence-corrected chi connectivity index (χ1v) is 3.25. The van der Waals surface area contributed by atoms with Gasteiger partial charge in [-0.25, -0.2) is 0 Å². The van der Waals surface area contributed by atoms with Crippen LogP contribution in [0.4, 0.5) is 0 Å². The number of carbonyl (C=O) groups is 1. The summed E-state index contributed by atoms with van der Waals surface area (Å²) in [5, 5.41) is 5.31. The summed E-state index contributed by atoms with van der Waals surface area (Å²) >= 11 is 0. The lowest BCUT2D eigenvalue weighted by atomic mass is 10.2. The van der Waals surface area contributed by atoms with Gasteiger partial charge in [0.15, 0.2) is 0 Å². The van der Waals surface area contributed by atoms with Crippen molar-refractivity contribution >= 4 is 5.91 Å². The highest BCUT2D eigenvalue weighted by Crippen LogP contribution is 1.91. The van der Waals surface area contributed by atoms with E-state index in [1.807, 2.05) is 13.8 Å². The summed E-state index contributed by atoms with van der Waals surface area (Å²) < 4.78 is 0. The van der Waals surface area contributed by atoms with E-state index in [0.29, 0.717) is 5.82 Å². The molecule has 0 atom stereocenters. The Morgan fingerprint density at radius 2 is 2.00 bits per heavy atom. The number of carbonyl (C=O) groups excluding carboxylic acids is 1. The van der Waals surface area contributed by atoms with Gasteiger partial charge in [-0.2, -0.15) is 0 Å². The minimum absolute atomic E-state index is 0.00472. The molecule has 10 heavy (non-hydrogen) atoms. The Balaban J connectivity index is 3.69. The van der Waals surface area contributed by atoms with E-state index >= 15 is 0 Å². The lowest BCUT2D eigenvalue weighted by molar-refractivity contribution is -0.123. The fraction of sp³-hybridized carbons (Fsp3) is 0.571. The van der Waals surface area contributed by atoms with Crippen LogP contribution in [-0.4, -0.2) is 13.0 Å². The number of hydrogen-bond donors (Lipinski definition) is 2. The van der Waals surface area contributed by atoms with Crippen LogP contribution in [0.5, 0.6) is 0 Å². The van der Waals surface area contributed by atoms with E-state index in [0.717, 1.165) is 0 Å². The second-order valence-electron chi connectivity index (χ2n) is 2.37. The van der Waals surface area contributed by atoms with E-state index in [-0.39, 0.29) is 11.8 Å². The van der Waals surface area contributed by atoms with Crippen molar-refractivity contribution in [1.82, 2.24) is 10.6 Å². The molecule has 58 valence electrons. The molecule has 2 N–H and O–H groups in total. The molecule has 0 aromatic heterocycles. The molecule has 3 heteroatoms. The Morgan fingerprint density at radius 1 is 1.50 bits per heavy atom. The predicted octanol–water partition coefficient (Wildman–Crippen LogP) is 0.449. The van der Waals surface area contributed by atoms with Crippen molar-refractivity contribution in [2.75, 3.05) is 7.05 Å². The van der Waals surface area contributed by atoms with Gasteiger partial charge < -0.3 is 10.6 Å². The number of amides is 1. The summed E-state index contributed by atoms with van der Waals surface area (Å²) in [6.45, 7) is 7.22. The van der Waals surface area contributed by atoms with Gasteiger partial charge in [0.2, 0.25) is 5.91 Å². The van der Waals surface area contributed by atoms with Gasteiger partial charge in [-0.3, -0.25) is 4.79 Å². The van der Waals surface area contributed by atoms with Crippen molar-refractivity contribution in [3.05, 3.63) is 12.4 Å². The van der Waals surface area contributed by atoms with Crippen LogP contribution in [0.15, 0.2) is 12.4 Å². The molecule has 0 aromatic rings. The Morgan fingerprint density at radius 3 is 2.30 bits per heavy atom. The van der Waals surface area contributed by atoms with Gasteiger partial charge in [0.05, 0.1) is 5.82 Å². The van der Waals surface area contributed by atoms with Crippen LogP contribution in [-0.2, 0) is 4.79 Å². The van der Waals surface area contributed by atoms with Gasteiger partial charge in [-0.05, 0) is 0 Å². The van der Waals surface area contributed by atoms with Crippen molar-refractivity contribution in [1.29, 1.82) is 0 Å². The minimum atomic E-state index is -0.0145. The van der Waals surface area contributed by atoms with Crippen LogP contribution in [0, 0.1) is 5.92 Å². The average Bonchev–Trinajstić information content (AvgIpc) is 1.87. The summed E-state index contributed by atoms with van der Waals surface area (Å²) in [4.78, 5) is 10.9. The van der Waals surface area contributed by atoms with Crippen molar-refractivity contribution in [3.63, 3.8) is 0 Å². The van der Waals surface area contributed by atoms with E-state index in [1.54, 1.807) is 7.05 Å². The maximum Gasteiger partial charge on any atom is 0.227 e. The minimum Gasteiger partial charge on any atom is -0.375 e. The van der Waals surface area contributed by atoms with Crippen molar-refractivity contribution in [3.8, 4) is 0 Å². The normalized spacial score (nSPS) is 9.20. The molecule has 1 amide bonds. The molecule has 0 fully saturated rings. The maximum atomic E-state index is 10.9. The molecule has 0 radical (unpaired) electrons. The Kier molecular flexibility index (Phi) is 3.54. The molecule has 0 unspecified atom stereocenters. The molecule has 0 heterocycles. The summed E-state index contributed by atoms with van der Waals surface area (Å²) in [7, 11) is 1.71. The third-order valence-corrected chi connectivity index (χ3v) is 1.10. The van der Waals surface area contributed by atoms with Gasteiger partial charge in [-0.15, -0.1) is 0 Å². The third kappa shape index (κ3) is 3.12. The van der Waals surface area contributed by atoms with Crippen molar-refractivity contribution in [2.45, 2.75) is 13.8 Å². The van der Waals surface area contributed by atoms with Crippen molar-refractivity contribution in [2.24, 2.45) is 5.92 Å². The number of rotatable bonds is 3. The largest absolute Gasteiger partial charge is 0.375 e. The van der Waals surface area contributed by atoms with Crippen LogP contribution in [0.2, 0.25) is 0 Å². The SMILES string of the molecule is C=C(NC)NC(=O)C(C)C. The lowest BCUT2D eigenvalue weighted by Gasteiger charge is -2.08. The van der Waals surface area contributed by atoms with E-state index in [9.17, 15) is 4.79 Å². The molecule has 3 nitrogen and oxygen atoms in total. The van der Waals surface area contributed by atoms with Crippen LogP contribution >= 0.6 is 0 Å². The van der Waals surface area contributed by atoms with Gasteiger partial charge in [-0.1, -0.05) is 20.4 Å². The number of nitrogens with one attached hydrogen (secondary N) is 2. The summed E-state index contributed by atoms with van der Waals surface area (Å²) in [6, 6.07) is 0. The van der Waals surface area contributed by atoms with Crippen molar-refractivity contribution < 1.29 is 4.79 Å². The standard InChI is InChI=1S/C7H14N2O/c1-5(2)7(10)9-6(3)8-4/h5,8H,3H2,1-2,4H3,(H,9,10). The predicted molar refractivity (Wildman–Crippen MR) is 41.2 cm³/mol. The van der Waals surface area contributed by atoms with Crippen LogP contribution in [0.1, 0.15) is 13.8 Å². The molecule has 0 spiro atoms. The van der Waals surface area contributed by atoms with Gasteiger partial charge in [0.25, 0.3) is 0 Å². The van der Waals surface area contributed by atoms with Gasteiger partial charge >= 0.3 is 0 Å². The molecule has 0 saturated heterocycles. The van der Waals surface area contributed by atoms with Crippen LogP contribution in [0.25, 0.3) is 0 Å². The summed E-state index contributed by atoms with van der Waals surface area (Å²) in [6.07, 6.45) is 0. The summed E-state index contributed by atoms with van der Waals surface area (Å²) in [5.41, 5.74) is 0. The Hall–Kier alpha value is -0.990. The molecule has 0 bridgehead atoms. The molecule has 0 aliphatic rings. The molecule has 0 aliphatic carbocycles. The fourth-order valence-electron chi connectivity index (χ4n) is 0.356. The monoisotopic (exact) mass is 142 g/mol. The average molecular weight is 142 g/mol. The fourth-order valence-corrected chi connectivity index (χ4v) is 0.356. The molecule has 0 aromatic carbocycles. The summed E-state index contributed by atoms with van der Waals surface area (Å²) in [5.74, 6) is 0.531. The van der Waals surface area contributed by atoms with Crippen LogP contribution in [0.3, 0.4) is 0 Å². The number of hydrogen-bond acceptors (Lipinski definition) is 2. The highest BCUT2D eigenvalue weighted by atomic mass is 16.1. The first-order chi connectivity index (χ1) is 4.57. The van der Waals surface area contributed by atoms with E-state index in [1.165, 1.54) is 0 Å². The van der Waals surface area contributed by atoms with Crippen LogP contribution < -0.4 is 10.6 Å². The highest BCUT2D eigenvalue weighted by molar-refractivity contribution is 5.79. The van der Waals surface area contributed by atoms with E-state index in [2.05, 4.69) is 17.2 Å². The topological polar surface area (TPSA) is 41.1 Å². The highest BCUT2D eigenvalue weighted by Gasteiger charge is 2.05. The quantitative estimate of drug-likeness (QED) is 0.600. The molecular weight excluding hydrogens is 128 g/mol. The molecule has 0 aliphatic heterocycles. The zero-order chi connectivity index (χ0) is 8.15. The van der Waals surface area contributed by atoms with Gasteiger partial charge in [0.1, 0.15) is 0 Å². The Labute approximate surface area is 61.5 Å². The first-order valence-electron chi connectivity index (χ1n) is 3.25. The zero-order valence-corrected chi connectivity index (χ0v) is 6.69. The molecule has 0 saturated carbocycles. The van der Waals surface area contributed by atoms with Gasteiger partial charge in [0, 0.05) is 13.0 Å². The molecule has 0 rings (SSSR count). The van der Waals surface area contributed by atoms with E-state index in [4.69, 9.17) is 0 Å². The second-order valence-corrected chi connectivity index (χ2v) is 2.37. The second kappa shape index (κ2) is 3.93. The maximum absolute atomic E-state index is 10.9.